The molecule has 2 saturated heterocycles. The molecule has 0 spiro atoms. The van der Waals surface area contributed by atoms with E-state index in [1.54, 1.807) is 0 Å². The summed E-state index contributed by atoms with van der Waals surface area (Å²) in [5.74, 6) is 1.77. The molecule has 0 bridgehead atoms. The first kappa shape index (κ1) is 19.2. The molecule has 2 aliphatic rings. The summed E-state index contributed by atoms with van der Waals surface area (Å²) in [5.41, 5.74) is 1.17. The van der Waals surface area contributed by atoms with Crippen molar-refractivity contribution in [2.24, 2.45) is 17.3 Å². The second kappa shape index (κ2) is 6.67. The summed E-state index contributed by atoms with van der Waals surface area (Å²) in [5, 5.41) is 0. The van der Waals surface area contributed by atoms with Gasteiger partial charge in [0.25, 0.3) is 0 Å². The monoisotopic (exact) mass is 322 g/mol. The van der Waals surface area contributed by atoms with Crippen molar-refractivity contribution in [3.63, 3.8) is 0 Å². The van der Waals surface area contributed by atoms with E-state index in [0.29, 0.717) is 16.5 Å². The van der Waals surface area contributed by atoms with Crippen molar-refractivity contribution < 1.29 is 0 Å². The third-order valence-corrected chi connectivity index (χ3v) is 6.62. The fourth-order valence-corrected chi connectivity index (χ4v) is 4.62. The van der Waals surface area contributed by atoms with Gasteiger partial charge in [0.05, 0.1) is 0 Å². The fraction of sp³-hybridized carbons (Fsp3) is 1.00. The lowest BCUT2D eigenvalue weighted by Crippen LogP contribution is -2.54. The molecular formula is C21H42N2. The lowest BCUT2D eigenvalue weighted by molar-refractivity contribution is -0.0100. The van der Waals surface area contributed by atoms with E-state index in [9.17, 15) is 0 Å². The molecule has 0 saturated carbocycles. The van der Waals surface area contributed by atoms with Crippen LogP contribution in [0.25, 0.3) is 0 Å². The molecule has 0 amide bonds. The molecule has 0 aromatic rings. The van der Waals surface area contributed by atoms with Crippen LogP contribution in [0.15, 0.2) is 0 Å². The maximum atomic E-state index is 2.81. The zero-order chi connectivity index (χ0) is 17.5. The van der Waals surface area contributed by atoms with Gasteiger partial charge in [-0.05, 0) is 97.2 Å². The largest absolute Gasteiger partial charge is 0.298 e. The van der Waals surface area contributed by atoms with Crippen LogP contribution in [-0.2, 0) is 0 Å². The molecule has 0 radical (unpaired) electrons. The predicted octanol–water partition coefficient (Wildman–Crippen LogP) is 5.03. The van der Waals surface area contributed by atoms with Crippen LogP contribution in [0, 0.1) is 17.3 Å². The minimum atomic E-state index is 0.343. The Labute approximate surface area is 146 Å². The normalized spacial score (nSPS) is 29.0. The topological polar surface area (TPSA) is 6.48 Å². The summed E-state index contributed by atoms with van der Waals surface area (Å²) >= 11 is 0. The lowest BCUT2D eigenvalue weighted by Gasteiger charge is -2.51. The minimum absolute atomic E-state index is 0.343. The van der Waals surface area contributed by atoms with Crippen LogP contribution in [0.5, 0.6) is 0 Å². The van der Waals surface area contributed by atoms with Crippen molar-refractivity contribution in [1.29, 1.82) is 0 Å². The van der Waals surface area contributed by atoms with Crippen LogP contribution in [-0.4, -0.2) is 47.1 Å². The average molecular weight is 323 g/mol. The van der Waals surface area contributed by atoms with E-state index in [2.05, 4.69) is 65.2 Å². The van der Waals surface area contributed by atoms with Crippen LogP contribution < -0.4 is 0 Å². The Morgan fingerprint density at radius 2 is 1.43 bits per heavy atom. The molecule has 23 heavy (non-hydrogen) atoms. The van der Waals surface area contributed by atoms with E-state index in [1.165, 1.54) is 51.9 Å². The first-order valence-electron chi connectivity index (χ1n) is 9.90. The Kier molecular flexibility index (Phi) is 5.58. The minimum Gasteiger partial charge on any atom is -0.298 e. The molecule has 0 aromatic carbocycles. The molecule has 2 nitrogen and oxygen atoms in total. The SMILES string of the molecule is CC(C)(C)C1CCN(CC2CCN(C(C)(C)C)CC2)C(C)(C)C1. The molecular weight excluding hydrogens is 280 g/mol. The molecule has 2 heteroatoms. The number of hydrogen-bond donors (Lipinski definition) is 0. The summed E-state index contributed by atoms with van der Waals surface area (Å²) in [6.45, 7) is 24.5. The zero-order valence-corrected chi connectivity index (χ0v) is 17.2. The van der Waals surface area contributed by atoms with Gasteiger partial charge in [-0.25, -0.2) is 0 Å². The van der Waals surface area contributed by atoms with E-state index >= 15 is 0 Å². The van der Waals surface area contributed by atoms with Crippen LogP contribution in [0.2, 0.25) is 0 Å². The zero-order valence-electron chi connectivity index (χ0n) is 17.2. The van der Waals surface area contributed by atoms with E-state index < -0.39 is 0 Å². The first-order chi connectivity index (χ1) is 10.4. The van der Waals surface area contributed by atoms with Crippen molar-refractivity contribution in [3.05, 3.63) is 0 Å². The number of rotatable bonds is 2. The standard InChI is InChI=1S/C21H42N2/c1-19(2,3)18-11-14-23(21(7,8)15-18)16-17-9-12-22(13-10-17)20(4,5)6/h17-18H,9-16H2,1-8H3. The fourth-order valence-electron chi connectivity index (χ4n) is 4.62. The highest BCUT2D eigenvalue weighted by Crippen LogP contribution is 2.41. The highest BCUT2D eigenvalue weighted by molar-refractivity contribution is 4.94. The van der Waals surface area contributed by atoms with Gasteiger partial charge >= 0.3 is 0 Å². The second-order valence-corrected chi connectivity index (χ2v) is 10.9. The summed E-state index contributed by atoms with van der Waals surface area (Å²) in [6, 6.07) is 0. The summed E-state index contributed by atoms with van der Waals surface area (Å²) in [4.78, 5) is 5.48. The van der Waals surface area contributed by atoms with E-state index in [4.69, 9.17) is 0 Å². The van der Waals surface area contributed by atoms with Crippen LogP contribution in [0.3, 0.4) is 0 Å². The molecule has 0 N–H and O–H groups in total. The third-order valence-electron chi connectivity index (χ3n) is 6.62. The molecule has 1 unspecified atom stereocenters. The summed E-state index contributed by atoms with van der Waals surface area (Å²) in [6.07, 6.45) is 5.50. The Hall–Kier alpha value is -0.0800. The van der Waals surface area contributed by atoms with Gasteiger partial charge in [0.15, 0.2) is 0 Å². The Morgan fingerprint density at radius 1 is 0.870 bits per heavy atom. The molecule has 2 aliphatic heterocycles. The Bertz CT molecular complexity index is 378. The van der Waals surface area contributed by atoms with Gasteiger partial charge in [-0.2, -0.15) is 0 Å². The van der Waals surface area contributed by atoms with Crippen molar-refractivity contribution in [3.8, 4) is 0 Å². The van der Waals surface area contributed by atoms with Gasteiger partial charge < -0.3 is 0 Å². The van der Waals surface area contributed by atoms with Gasteiger partial charge in [-0.1, -0.05) is 20.8 Å². The van der Waals surface area contributed by atoms with Crippen molar-refractivity contribution in [2.45, 2.75) is 92.2 Å². The van der Waals surface area contributed by atoms with Gasteiger partial charge in [0.2, 0.25) is 0 Å². The molecule has 2 rings (SSSR count). The van der Waals surface area contributed by atoms with Gasteiger partial charge in [0.1, 0.15) is 0 Å². The molecule has 2 fully saturated rings. The molecule has 1 atom stereocenters. The number of hydrogen-bond acceptors (Lipinski definition) is 2. The number of piperidine rings is 2. The molecule has 0 aromatic heterocycles. The van der Waals surface area contributed by atoms with Crippen LogP contribution in [0.1, 0.15) is 81.1 Å². The summed E-state index contributed by atoms with van der Waals surface area (Å²) < 4.78 is 0. The maximum Gasteiger partial charge on any atom is 0.0156 e. The van der Waals surface area contributed by atoms with Crippen molar-refractivity contribution in [1.82, 2.24) is 9.80 Å². The highest BCUT2D eigenvalue weighted by Gasteiger charge is 2.40. The highest BCUT2D eigenvalue weighted by atomic mass is 15.2. The second-order valence-electron chi connectivity index (χ2n) is 10.9. The van der Waals surface area contributed by atoms with Crippen LogP contribution in [0.4, 0.5) is 0 Å². The maximum absolute atomic E-state index is 2.81. The van der Waals surface area contributed by atoms with Crippen molar-refractivity contribution >= 4 is 0 Å². The van der Waals surface area contributed by atoms with E-state index in [-0.39, 0.29) is 0 Å². The quantitative estimate of drug-likeness (QED) is 0.703. The lowest BCUT2D eigenvalue weighted by atomic mass is 9.69. The van der Waals surface area contributed by atoms with Crippen LogP contribution >= 0.6 is 0 Å². The van der Waals surface area contributed by atoms with Gasteiger partial charge in [-0.3, -0.25) is 9.80 Å². The number of nitrogens with zero attached hydrogens (tertiary/aromatic N) is 2. The molecule has 0 aliphatic carbocycles. The third kappa shape index (κ3) is 4.95. The molecule has 2 heterocycles. The first-order valence-corrected chi connectivity index (χ1v) is 9.90. The molecule has 136 valence electrons. The predicted molar refractivity (Wildman–Crippen MR) is 102 cm³/mol. The Balaban J connectivity index is 1.87. The van der Waals surface area contributed by atoms with E-state index in [1.807, 2.05) is 0 Å². The average Bonchev–Trinajstić information content (AvgIpc) is 2.39. The van der Waals surface area contributed by atoms with Crippen molar-refractivity contribution in [2.75, 3.05) is 26.2 Å². The number of likely N-dealkylation sites (tertiary alicyclic amines) is 2. The summed E-state index contributed by atoms with van der Waals surface area (Å²) in [7, 11) is 0. The van der Waals surface area contributed by atoms with E-state index in [0.717, 1.165) is 11.8 Å². The van der Waals surface area contributed by atoms with Gasteiger partial charge in [-0.15, -0.1) is 0 Å². The van der Waals surface area contributed by atoms with Gasteiger partial charge in [0, 0.05) is 17.6 Å². The smallest absolute Gasteiger partial charge is 0.0156 e. The Morgan fingerprint density at radius 3 is 1.87 bits per heavy atom.